The van der Waals surface area contributed by atoms with E-state index in [9.17, 15) is 8.42 Å². The maximum Gasteiger partial charge on any atom is 0.250 e. The molecule has 3 nitrogen and oxygen atoms in total. The number of hydrogen-bond acceptors (Lipinski definition) is 3. The summed E-state index contributed by atoms with van der Waals surface area (Å²) < 4.78 is 28.6. The van der Waals surface area contributed by atoms with Crippen molar-refractivity contribution < 1.29 is 8.42 Å². The first-order chi connectivity index (χ1) is 11.5. The van der Waals surface area contributed by atoms with Gasteiger partial charge < -0.3 is 0 Å². The van der Waals surface area contributed by atoms with Gasteiger partial charge in [-0.15, -0.1) is 11.3 Å². The fourth-order valence-corrected chi connectivity index (χ4v) is 4.77. The molecular formula is C19H19NO2S2. The van der Waals surface area contributed by atoms with Gasteiger partial charge in [0.05, 0.1) is 6.04 Å². The van der Waals surface area contributed by atoms with Crippen LogP contribution in [0.5, 0.6) is 0 Å². The van der Waals surface area contributed by atoms with Gasteiger partial charge in [-0.2, -0.15) is 4.72 Å². The number of hydrogen-bond donors (Lipinski definition) is 1. The fraction of sp³-hybridized carbons (Fsp3) is 0.158. The van der Waals surface area contributed by atoms with Gasteiger partial charge in [0.2, 0.25) is 0 Å². The van der Waals surface area contributed by atoms with Crippen LogP contribution in [0.3, 0.4) is 0 Å². The second-order valence-electron chi connectivity index (χ2n) is 5.74. The number of sulfonamides is 1. The number of thiophene rings is 1. The molecule has 3 rings (SSSR count). The van der Waals surface area contributed by atoms with Crippen molar-refractivity contribution >= 4 is 21.4 Å². The second kappa shape index (κ2) is 6.89. The van der Waals surface area contributed by atoms with Gasteiger partial charge in [0.15, 0.2) is 0 Å². The van der Waals surface area contributed by atoms with Crippen molar-refractivity contribution in [2.45, 2.75) is 24.1 Å². The van der Waals surface area contributed by atoms with E-state index >= 15 is 0 Å². The molecule has 5 heteroatoms. The minimum Gasteiger partial charge on any atom is -0.206 e. The second-order valence-corrected chi connectivity index (χ2v) is 8.63. The summed E-state index contributed by atoms with van der Waals surface area (Å²) in [6.45, 7) is 4.08. The van der Waals surface area contributed by atoms with Crippen LogP contribution in [0, 0.1) is 13.8 Å². The van der Waals surface area contributed by atoms with Crippen molar-refractivity contribution in [1.29, 1.82) is 0 Å². The van der Waals surface area contributed by atoms with Crippen LogP contribution in [0.25, 0.3) is 0 Å². The summed E-state index contributed by atoms with van der Waals surface area (Å²) in [5, 5.41) is 1.77. The summed E-state index contributed by atoms with van der Waals surface area (Å²) >= 11 is 1.22. The highest BCUT2D eigenvalue weighted by Gasteiger charge is 2.23. The van der Waals surface area contributed by atoms with Crippen LogP contribution in [0.1, 0.15) is 28.3 Å². The molecule has 1 unspecified atom stereocenters. The van der Waals surface area contributed by atoms with Crippen molar-refractivity contribution in [2.75, 3.05) is 0 Å². The van der Waals surface area contributed by atoms with Crippen molar-refractivity contribution in [3.05, 3.63) is 88.3 Å². The molecule has 0 aliphatic rings. The molecule has 2 aromatic carbocycles. The predicted octanol–water partition coefficient (Wildman–Crippen LogP) is 4.43. The van der Waals surface area contributed by atoms with Crippen LogP contribution in [-0.2, 0) is 10.0 Å². The lowest BCUT2D eigenvalue weighted by molar-refractivity contribution is 0.574. The van der Waals surface area contributed by atoms with E-state index in [-0.39, 0.29) is 0 Å². The summed E-state index contributed by atoms with van der Waals surface area (Å²) in [6, 6.07) is 18.6. The van der Waals surface area contributed by atoms with Gasteiger partial charge in [-0.05, 0) is 47.5 Å². The van der Waals surface area contributed by atoms with Gasteiger partial charge in [-0.25, -0.2) is 8.42 Å². The molecule has 0 spiro atoms. The zero-order chi connectivity index (χ0) is 17.2. The molecule has 0 aliphatic heterocycles. The van der Waals surface area contributed by atoms with E-state index in [1.54, 1.807) is 17.5 Å². The smallest absolute Gasteiger partial charge is 0.206 e. The van der Waals surface area contributed by atoms with Gasteiger partial charge in [0.1, 0.15) is 4.21 Å². The first kappa shape index (κ1) is 16.9. The summed E-state index contributed by atoms with van der Waals surface area (Å²) in [4.78, 5) is 0. The molecule has 124 valence electrons. The molecular weight excluding hydrogens is 338 g/mol. The Morgan fingerprint density at radius 1 is 0.875 bits per heavy atom. The fourth-order valence-electron chi connectivity index (χ4n) is 2.55. The minimum atomic E-state index is -3.57. The molecule has 1 heterocycles. The largest absolute Gasteiger partial charge is 0.250 e. The maximum absolute atomic E-state index is 12.7. The zero-order valence-electron chi connectivity index (χ0n) is 13.6. The topological polar surface area (TPSA) is 46.2 Å². The lowest BCUT2D eigenvalue weighted by atomic mass is 9.96. The third kappa shape index (κ3) is 3.59. The lowest BCUT2D eigenvalue weighted by Gasteiger charge is -2.20. The quantitative estimate of drug-likeness (QED) is 0.734. The van der Waals surface area contributed by atoms with Crippen LogP contribution in [0.4, 0.5) is 0 Å². The Hall–Kier alpha value is -1.95. The van der Waals surface area contributed by atoms with Crippen LogP contribution >= 0.6 is 11.3 Å². The molecule has 1 N–H and O–H groups in total. The first-order valence-electron chi connectivity index (χ1n) is 7.65. The van der Waals surface area contributed by atoms with E-state index in [1.807, 2.05) is 62.4 Å². The molecule has 3 aromatic rings. The van der Waals surface area contributed by atoms with Crippen LogP contribution in [0.2, 0.25) is 0 Å². The number of rotatable bonds is 5. The molecule has 0 saturated carbocycles. The highest BCUT2D eigenvalue weighted by atomic mass is 32.2. The SMILES string of the molecule is Cc1ccc(C(NS(=O)(=O)c2cccs2)c2ccccc2)cc1C. The zero-order valence-corrected chi connectivity index (χ0v) is 15.2. The molecule has 0 amide bonds. The monoisotopic (exact) mass is 357 g/mol. The summed E-state index contributed by atoms with van der Waals surface area (Å²) in [7, 11) is -3.57. The normalized spacial score (nSPS) is 12.9. The van der Waals surface area contributed by atoms with Gasteiger partial charge in [0.25, 0.3) is 10.0 Å². The van der Waals surface area contributed by atoms with Crippen molar-refractivity contribution in [3.8, 4) is 0 Å². The average molecular weight is 358 g/mol. The predicted molar refractivity (Wildman–Crippen MR) is 98.8 cm³/mol. The number of benzene rings is 2. The van der Waals surface area contributed by atoms with Gasteiger partial charge in [0, 0.05) is 0 Å². The highest BCUT2D eigenvalue weighted by molar-refractivity contribution is 7.91. The molecule has 0 fully saturated rings. The summed E-state index contributed by atoms with van der Waals surface area (Å²) in [6.07, 6.45) is 0. The molecule has 0 radical (unpaired) electrons. The molecule has 0 bridgehead atoms. The Morgan fingerprint density at radius 2 is 1.62 bits per heavy atom. The van der Waals surface area contributed by atoms with Gasteiger partial charge >= 0.3 is 0 Å². The molecule has 24 heavy (non-hydrogen) atoms. The van der Waals surface area contributed by atoms with E-state index in [4.69, 9.17) is 0 Å². The van der Waals surface area contributed by atoms with Crippen LogP contribution in [0.15, 0.2) is 70.3 Å². The highest BCUT2D eigenvalue weighted by Crippen LogP contribution is 2.27. The third-order valence-corrected chi connectivity index (χ3v) is 6.85. The Labute approximate surface area is 147 Å². The third-order valence-electron chi connectivity index (χ3n) is 4.03. The Kier molecular flexibility index (Phi) is 4.85. The van der Waals surface area contributed by atoms with Crippen molar-refractivity contribution in [3.63, 3.8) is 0 Å². The van der Waals surface area contributed by atoms with Gasteiger partial charge in [-0.3, -0.25) is 0 Å². The van der Waals surface area contributed by atoms with Crippen molar-refractivity contribution in [1.82, 2.24) is 4.72 Å². The Morgan fingerprint density at radius 3 is 2.25 bits per heavy atom. The van der Waals surface area contributed by atoms with Gasteiger partial charge in [-0.1, -0.05) is 54.6 Å². The van der Waals surface area contributed by atoms with E-state index < -0.39 is 16.1 Å². The van der Waals surface area contributed by atoms with E-state index in [0.717, 1.165) is 16.7 Å². The Balaban J connectivity index is 2.04. The van der Waals surface area contributed by atoms with E-state index in [1.165, 1.54) is 16.9 Å². The molecule has 0 aliphatic carbocycles. The van der Waals surface area contributed by atoms with Crippen LogP contribution < -0.4 is 4.72 Å². The average Bonchev–Trinajstić information content (AvgIpc) is 3.12. The minimum absolute atomic E-state index is 0.326. The number of aryl methyl sites for hydroxylation is 2. The number of nitrogens with one attached hydrogen (secondary N) is 1. The van der Waals surface area contributed by atoms with Crippen molar-refractivity contribution in [2.24, 2.45) is 0 Å². The maximum atomic E-state index is 12.7. The summed E-state index contributed by atoms with van der Waals surface area (Å²) in [5.74, 6) is 0. The Bertz CT molecular complexity index is 917. The molecule has 1 aromatic heterocycles. The molecule has 1 atom stereocenters. The van der Waals surface area contributed by atoms with Crippen LogP contribution in [-0.4, -0.2) is 8.42 Å². The van der Waals surface area contributed by atoms with E-state index in [2.05, 4.69) is 4.72 Å². The molecule has 0 saturated heterocycles. The van der Waals surface area contributed by atoms with E-state index in [0.29, 0.717) is 4.21 Å². The summed E-state index contributed by atoms with van der Waals surface area (Å²) in [5.41, 5.74) is 4.18. The standard InChI is InChI=1S/C19H19NO2S2/c1-14-10-11-17(13-15(14)2)19(16-7-4-3-5-8-16)20-24(21,22)18-9-6-12-23-18/h3-13,19-20H,1-2H3. The lowest BCUT2D eigenvalue weighted by Crippen LogP contribution is -2.29. The first-order valence-corrected chi connectivity index (χ1v) is 10.0.